The third kappa shape index (κ3) is 4.62. The highest BCUT2D eigenvalue weighted by Crippen LogP contribution is 2.31. The van der Waals surface area contributed by atoms with Crippen molar-refractivity contribution in [2.75, 3.05) is 38.4 Å². The molecule has 4 aromatic rings. The summed E-state index contributed by atoms with van der Waals surface area (Å²) >= 11 is 12.6. The van der Waals surface area contributed by atoms with Gasteiger partial charge in [-0.2, -0.15) is 9.97 Å². The molecule has 0 amide bonds. The van der Waals surface area contributed by atoms with Crippen LogP contribution in [0.1, 0.15) is 11.1 Å². The number of benzene rings is 2. The molecule has 0 fully saturated rings. The van der Waals surface area contributed by atoms with Gasteiger partial charge in [-0.25, -0.2) is 14.3 Å². The normalized spacial score (nSPS) is 15.0. The van der Waals surface area contributed by atoms with E-state index in [1.165, 1.54) is 21.9 Å². The smallest absolute Gasteiger partial charge is 0.355 e. The number of hydrogen-bond donors (Lipinski definition) is 2. The number of rotatable bonds is 7. The van der Waals surface area contributed by atoms with Gasteiger partial charge in [0.05, 0.1) is 27.7 Å². The summed E-state index contributed by atoms with van der Waals surface area (Å²) in [6.45, 7) is 1.61. The lowest BCUT2D eigenvalue weighted by Crippen LogP contribution is -2.34. The molecule has 1 aliphatic carbocycles. The molecule has 0 aliphatic heterocycles. The van der Waals surface area contributed by atoms with Crippen LogP contribution in [-0.2, 0) is 17.6 Å². The maximum Gasteiger partial charge on any atom is 0.355 e. The Balaban J connectivity index is 1.41. The van der Waals surface area contributed by atoms with Gasteiger partial charge < -0.3 is 20.7 Å². The monoisotopic (exact) mass is 525 g/mol. The average molecular weight is 526 g/mol. The Bertz CT molecular complexity index is 1490. The number of nitrogen functional groups attached to an aromatic ring is 1. The molecule has 11 heteroatoms. The van der Waals surface area contributed by atoms with E-state index in [-0.39, 0.29) is 27.2 Å². The van der Waals surface area contributed by atoms with Gasteiger partial charge >= 0.3 is 5.69 Å². The van der Waals surface area contributed by atoms with Crippen LogP contribution < -0.4 is 16.7 Å². The van der Waals surface area contributed by atoms with Gasteiger partial charge in [-0.05, 0) is 55.3 Å². The van der Waals surface area contributed by atoms with E-state index in [0.29, 0.717) is 24.0 Å². The van der Waals surface area contributed by atoms with E-state index >= 15 is 0 Å². The second-order valence-electron chi connectivity index (χ2n) is 8.76. The minimum Gasteiger partial charge on any atom is -0.384 e. The molecule has 0 radical (unpaired) electrons. The van der Waals surface area contributed by atoms with Crippen molar-refractivity contribution in [2.24, 2.45) is 0 Å². The summed E-state index contributed by atoms with van der Waals surface area (Å²) in [5, 5.41) is 4.19. The standard InChI is InChI=1S/C25H25Cl2N7O2/c1-33(8-9-36-2)17-11-14-6-7-16(10-15(14)12-17)30-24-29-13-18-22(28)34(25(35)32-23(18)31-24)21-19(26)4-3-5-20(21)27/h3-7,10,13,17H,8-9,11-12,28H2,1-2H3,(H,30,31,32,35). The van der Waals surface area contributed by atoms with Crippen LogP contribution in [0.25, 0.3) is 16.7 Å². The van der Waals surface area contributed by atoms with Crippen molar-refractivity contribution < 1.29 is 4.74 Å². The van der Waals surface area contributed by atoms with Crippen molar-refractivity contribution in [1.29, 1.82) is 0 Å². The average Bonchev–Trinajstić information content (AvgIpc) is 3.28. The number of nitrogens with one attached hydrogen (secondary N) is 1. The van der Waals surface area contributed by atoms with Crippen molar-refractivity contribution in [3.63, 3.8) is 0 Å². The van der Waals surface area contributed by atoms with Crippen LogP contribution in [0.2, 0.25) is 10.0 Å². The topological polar surface area (TPSA) is 111 Å². The molecule has 9 nitrogen and oxygen atoms in total. The molecule has 2 aromatic heterocycles. The zero-order valence-electron chi connectivity index (χ0n) is 19.8. The second-order valence-corrected chi connectivity index (χ2v) is 9.57. The molecule has 1 atom stereocenters. The molecule has 0 saturated carbocycles. The Morgan fingerprint density at radius 3 is 2.67 bits per heavy atom. The summed E-state index contributed by atoms with van der Waals surface area (Å²) in [5.41, 5.74) is 9.60. The molecule has 36 heavy (non-hydrogen) atoms. The summed E-state index contributed by atoms with van der Waals surface area (Å²) in [4.78, 5) is 28.1. The van der Waals surface area contributed by atoms with Crippen molar-refractivity contribution in [3.05, 3.63) is 74.3 Å². The molecule has 1 unspecified atom stereocenters. The number of nitrogens with two attached hydrogens (primary N) is 1. The summed E-state index contributed by atoms with van der Waals surface area (Å²) in [7, 11) is 3.85. The zero-order chi connectivity index (χ0) is 25.4. The van der Waals surface area contributed by atoms with Gasteiger partial charge in [0.1, 0.15) is 5.82 Å². The lowest BCUT2D eigenvalue weighted by atomic mass is 10.1. The van der Waals surface area contributed by atoms with Crippen molar-refractivity contribution in [3.8, 4) is 5.69 Å². The van der Waals surface area contributed by atoms with Crippen LogP contribution in [0.4, 0.5) is 17.5 Å². The predicted molar refractivity (Wildman–Crippen MR) is 143 cm³/mol. The third-order valence-electron chi connectivity index (χ3n) is 6.48. The van der Waals surface area contributed by atoms with Crippen LogP contribution in [-0.4, -0.2) is 57.8 Å². The quantitative estimate of drug-likeness (QED) is 0.374. The lowest BCUT2D eigenvalue weighted by molar-refractivity contribution is 0.141. The molecule has 0 bridgehead atoms. The largest absolute Gasteiger partial charge is 0.384 e. The molecular weight excluding hydrogens is 501 g/mol. The van der Waals surface area contributed by atoms with Crippen LogP contribution >= 0.6 is 23.2 Å². The van der Waals surface area contributed by atoms with Crippen molar-refractivity contribution >= 4 is 51.7 Å². The minimum atomic E-state index is -0.638. The maximum atomic E-state index is 12.9. The Hall–Kier alpha value is -3.24. The highest BCUT2D eigenvalue weighted by Gasteiger charge is 2.25. The minimum absolute atomic E-state index is 0.104. The Morgan fingerprint density at radius 2 is 1.92 bits per heavy atom. The Labute approximate surface area is 217 Å². The first-order valence-electron chi connectivity index (χ1n) is 11.4. The fraction of sp³-hybridized carbons (Fsp3) is 0.280. The summed E-state index contributed by atoms with van der Waals surface area (Å²) in [5.74, 6) is 0.418. The number of methoxy groups -OCH3 is 1. The summed E-state index contributed by atoms with van der Waals surface area (Å²) in [6, 6.07) is 11.6. The molecule has 1 aliphatic rings. The van der Waals surface area contributed by atoms with Crippen molar-refractivity contribution in [2.45, 2.75) is 18.9 Å². The number of aromatic nitrogens is 4. The summed E-state index contributed by atoms with van der Waals surface area (Å²) < 4.78 is 6.38. The van der Waals surface area contributed by atoms with Crippen molar-refractivity contribution in [1.82, 2.24) is 24.4 Å². The second kappa shape index (κ2) is 10.0. The maximum absolute atomic E-state index is 12.9. The van der Waals surface area contributed by atoms with E-state index in [0.717, 1.165) is 25.1 Å². The Morgan fingerprint density at radius 1 is 1.17 bits per heavy atom. The predicted octanol–water partition coefficient (Wildman–Crippen LogP) is 3.85. The molecule has 186 valence electrons. The van der Waals surface area contributed by atoms with E-state index in [4.69, 9.17) is 33.7 Å². The first-order valence-corrected chi connectivity index (χ1v) is 12.2. The van der Waals surface area contributed by atoms with Crippen LogP contribution in [0.3, 0.4) is 0 Å². The number of ether oxygens (including phenoxy) is 1. The van der Waals surface area contributed by atoms with Gasteiger partial charge in [0.15, 0.2) is 5.65 Å². The summed E-state index contributed by atoms with van der Waals surface area (Å²) in [6.07, 6.45) is 3.50. The fourth-order valence-corrected chi connectivity index (χ4v) is 5.08. The molecule has 2 aromatic carbocycles. The van der Waals surface area contributed by atoms with Crippen LogP contribution in [0, 0.1) is 0 Å². The SMILES string of the molecule is COCCN(C)C1Cc2ccc(Nc3ncc4c(N)n(-c5c(Cl)cccc5Cl)c(=O)nc4n3)cc2C1. The molecule has 5 rings (SSSR count). The Kier molecular flexibility index (Phi) is 6.81. The highest BCUT2D eigenvalue weighted by atomic mass is 35.5. The first-order chi connectivity index (χ1) is 17.4. The molecule has 3 N–H and O–H groups in total. The van der Waals surface area contributed by atoms with E-state index in [9.17, 15) is 4.79 Å². The number of hydrogen-bond acceptors (Lipinski definition) is 8. The molecule has 0 saturated heterocycles. The van der Waals surface area contributed by atoms with E-state index in [1.807, 2.05) is 6.07 Å². The number of para-hydroxylation sites is 1. The van der Waals surface area contributed by atoms with Crippen LogP contribution in [0.15, 0.2) is 47.4 Å². The number of nitrogens with zero attached hydrogens (tertiary/aromatic N) is 5. The number of fused-ring (bicyclic) bond motifs is 2. The van der Waals surface area contributed by atoms with Gasteiger partial charge in [0, 0.05) is 31.6 Å². The van der Waals surface area contributed by atoms with Gasteiger partial charge in [-0.1, -0.05) is 35.3 Å². The molecule has 2 heterocycles. The number of anilines is 3. The van der Waals surface area contributed by atoms with Gasteiger partial charge in [0.25, 0.3) is 0 Å². The van der Waals surface area contributed by atoms with E-state index < -0.39 is 5.69 Å². The van der Waals surface area contributed by atoms with Crippen LogP contribution in [0.5, 0.6) is 0 Å². The zero-order valence-corrected chi connectivity index (χ0v) is 21.3. The fourth-order valence-electron chi connectivity index (χ4n) is 4.51. The highest BCUT2D eigenvalue weighted by molar-refractivity contribution is 6.37. The van der Waals surface area contributed by atoms with E-state index in [2.05, 4.69) is 44.3 Å². The molecular formula is C25H25Cl2N7O2. The van der Waals surface area contributed by atoms with Gasteiger partial charge in [-0.3, -0.25) is 0 Å². The van der Waals surface area contributed by atoms with Gasteiger partial charge in [0.2, 0.25) is 5.95 Å². The number of likely N-dealkylation sites (N-methyl/N-ethyl adjacent to an activating group) is 1. The van der Waals surface area contributed by atoms with Gasteiger partial charge in [-0.15, -0.1) is 0 Å². The number of halogens is 2. The van der Waals surface area contributed by atoms with E-state index in [1.54, 1.807) is 25.3 Å². The lowest BCUT2D eigenvalue weighted by Gasteiger charge is -2.23. The molecule has 0 spiro atoms. The third-order valence-corrected chi connectivity index (χ3v) is 7.09. The first kappa shape index (κ1) is 24.5.